The van der Waals surface area contributed by atoms with E-state index >= 15 is 0 Å². The zero-order valence-corrected chi connectivity index (χ0v) is 16.7. The topological polar surface area (TPSA) is 89.9 Å². The van der Waals surface area contributed by atoms with Gasteiger partial charge in [0.2, 0.25) is 6.79 Å². The summed E-state index contributed by atoms with van der Waals surface area (Å²) in [5.41, 5.74) is 3.58. The van der Waals surface area contributed by atoms with Crippen LogP contribution in [0, 0.1) is 13.8 Å². The third-order valence-electron chi connectivity index (χ3n) is 5.70. The highest BCUT2D eigenvalue weighted by molar-refractivity contribution is 6.31. The maximum Gasteiger partial charge on any atom is 0.331 e. The second kappa shape index (κ2) is 6.76. The monoisotopic (exact) mass is 407 g/mol. The highest BCUT2D eigenvalue weighted by Gasteiger charge is 2.36. The minimum absolute atomic E-state index is 0.0209. The fourth-order valence-electron chi connectivity index (χ4n) is 4.06. The van der Waals surface area contributed by atoms with Crippen molar-refractivity contribution in [2.24, 2.45) is 0 Å². The molecule has 154 valence electrons. The van der Waals surface area contributed by atoms with Crippen molar-refractivity contribution in [1.29, 1.82) is 0 Å². The molecule has 3 heterocycles. The number of barbiturate groups is 1. The van der Waals surface area contributed by atoms with Crippen LogP contribution in [0.1, 0.15) is 41.4 Å². The van der Waals surface area contributed by atoms with Crippen molar-refractivity contribution in [1.82, 2.24) is 14.8 Å². The molecule has 1 saturated carbocycles. The number of nitrogens with one attached hydrogen (secondary N) is 1. The Hall–Kier alpha value is -3.55. The van der Waals surface area contributed by atoms with Gasteiger partial charge in [-0.25, -0.2) is 4.79 Å². The number of nitrogens with zero attached hydrogens (tertiary/aromatic N) is 2. The molecule has 0 spiro atoms. The Balaban J connectivity index is 1.44. The molecule has 2 aliphatic heterocycles. The molecule has 2 fully saturated rings. The van der Waals surface area contributed by atoms with E-state index in [1.54, 1.807) is 24.3 Å². The third-order valence-corrected chi connectivity index (χ3v) is 5.70. The summed E-state index contributed by atoms with van der Waals surface area (Å²) in [7, 11) is 0. The summed E-state index contributed by atoms with van der Waals surface area (Å²) in [5, 5.41) is 2.27. The smallest absolute Gasteiger partial charge is 0.331 e. The Morgan fingerprint density at radius 3 is 2.63 bits per heavy atom. The van der Waals surface area contributed by atoms with Gasteiger partial charge in [-0.05, 0) is 62.1 Å². The van der Waals surface area contributed by atoms with Gasteiger partial charge in [-0.15, -0.1) is 0 Å². The number of carbonyl (C=O) groups excluding carboxylic acids is 3. The molecule has 8 nitrogen and oxygen atoms in total. The van der Waals surface area contributed by atoms with Crippen molar-refractivity contribution >= 4 is 23.9 Å². The summed E-state index contributed by atoms with van der Waals surface area (Å²) in [4.78, 5) is 38.9. The SMILES string of the molecule is Cc1cc(C=C2C(=O)NC(=O)N(Cc3ccc4c(c3)OCO4)C2=O)c(C)n1C1CC1. The number of ether oxygens (including phenoxy) is 2. The van der Waals surface area contributed by atoms with Crippen LogP contribution in [0.5, 0.6) is 11.5 Å². The van der Waals surface area contributed by atoms with E-state index in [-0.39, 0.29) is 18.9 Å². The fourth-order valence-corrected chi connectivity index (χ4v) is 4.06. The number of hydrogen-bond acceptors (Lipinski definition) is 5. The van der Waals surface area contributed by atoms with Crippen LogP contribution in [0.4, 0.5) is 4.79 Å². The van der Waals surface area contributed by atoms with Crippen LogP contribution in [0.25, 0.3) is 6.08 Å². The summed E-state index contributed by atoms with van der Waals surface area (Å²) in [6.45, 7) is 4.17. The van der Waals surface area contributed by atoms with Crippen LogP contribution in [0.2, 0.25) is 0 Å². The van der Waals surface area contributed by atoms with E-state index < -0.39 is 17.8 Å². The van der Waals surface area contributed by atoms with Gasteiger partial charge in [-0.1, -0.05) is 6.07 Å². The van der Waals surface area contributed by atoms with Crippen LogP contribution in [-0.4, -0.2) is 34.1 Å². The van der Waals surface area contributed by atoms with Gasteiger partial charge in [-0.2, -0.15) is 0 Å². The number of aromatic nitrogens is 1. The van der Waals surface area contributed by atoms with Crippen molar-refractivity contribution < 1.29 is 23.9 Å². The van der Waals surface area contributed by atoms with Gasteiger partial charge in [-0.3, -0.25) is 19.8 Å². The molecule has 0 bridgehead atoms. The highest BCUT2D eigenvalue weighted by atomic mass is 16.7. The molecular formula is C22H21N3O5. The second-order valence-corrected chi connectivity index (χ2v) is 7.82. The summed E-state index contributed by atoms with van der Waals surface area (Å²) in [5.74, 6) is -0.104. The summed E-state index contributed by atoms with van der Waals surface area (Å²) in [6.07, 6.45) is 3.87. The lowest BCUT2D eigenvalue weighted by molar-refractivity contribution is -0.130. The summed E-state index contributed by atoms with van der Waals surface area (Å²) < 4.78 is 12.9. The van der Waals surface area contributed by atoms with E-state index in [1.165, 1.54) is 0 Å². The number of benzene rings is 1. The lowest BCUT2D eigenvalue weighted by atomic mass is 10.1. The first-order valence-electron chi connectivity index (χ1n) is 9.88. The number of fused-ring (bicyclic) bond motifs is 1. The van der Waals surface area contributed by atoms with Gasteiger partial charge in [0.05, 0.1) is 6.54 Å². The molecule has 5 rings (SSSR count). The van der Waals surface area contributed by atoms with E-state index in [2.05, 4.69) is 9.88 Å². The minimum Gasteiger partial charge on any atom is -0.454 e. The van der Waals surface area contributed by atoms with E-state index in [9.17, 15) is 14.4 Å². The van der Waals surface area contributed by atoms with Crippen LogP contribution in [0.3, 0.4) is 0 Å². The first-order valence-corrected chi connectivity index (χ1v) is 9.88. The van der Waals surface area contributed by atoms with Crippen LogP contribution >= 0.6 is 0 Å². The molecule has 0 unspecified atom stereocenters. The summed E-state index contributed by atoms with van der Waals surface area (Å²) in [6, 6.07) is 6.96. The molecule has 3 aliphatic rings. The molecule has 1 aliphatic carbocycles. The first kappa shape index (κ1) is 18.5. The van der Waals surface area contributed by atoms with Gasteiger partial charge in [0.1, 0.15) is 5.57 Å². The van der Waals surface area contributed by atoms with Crippen molar-refractivity contribution in [3.8, 4) is 11.5 Å². The van der Waals surface area contributed by atoms with Gasteiger partial charge in [0, 0.05) is 17.4 Å². The third kappa shape index (κ3) is 3.04. The largest absolute Gasteiger partial charge is 0.454 e. The van der Waals surface area contributed by atoms with Gasteiger partial charge in [0.25, 0.3) is 11.8 Å². The van der Waals surface area contributed by atoms with Crippen molar-refractivity contribution in [3.63, 3.8) is 0 Å². The predicted octanol–water partition coefficient (Wildman–Crippen LogP) is 2.83. The maximum atomic E-state index is 13.1. The lowest BCUT2D eigenvalue weighted by Crippen LogP contribution is -2.53. The molecule has 4 amide bonds. The normalized spacial score (nSPS) is 19.6. The average molecular weight is 407 g/mol. The van der Waals surface area contributed by atoms with Gasteiger partial charge >= 0.3 is 6.03 Å². The number of hydrogen-bond donors (Lipinski definition) is 1. The van der Waals surface area contributed by atoms with Crippen molar-refractivity contribution in [3.05, 3.63) is 52.4 Å². The van der Waals surface area contributed by atoms with Crippen molar-refractivity contribution in [2.45, 2.75) is 39.3 Å². The molecular weight excluding hydrogens is 386 g/mol. The lowest BCUT2D eigenvalue weighted by Gasteiger charge is -2.26. The van der Waals surface area contributed by atoms with Crippen LogP contribution in [-0.2, 0) is 16.1 Å². The zero-order chi connectivity index (χ0) is 21.0. The molecule has 1 aromatic carbocycles. The molecule has 30 heavy (non-hydrogen) atoms. The Morgan fingerprint density at radius 2 is 1.87 bits per heavy atom. The van der Waals surface area contributed by atoms with E-state index in [1.807, 2.05) is 19.9 Å². The van der Waals surface area contributed by atoms with Crippen molar-refractivity contribution in [2.75, 3.05) is 6.79 Å². The number of carbonyl (C=O) groups is 3. The van der Waals surface area contributed by atoms with Gasteiger partial charge < -0.3 is 14.0 Å². The molecule has 1 N–H and O–H groups in total. The molecule has 2 aromatic rings. The molecule has 0 radical (unpaired) electrons. The number of rotatable bonds is 4. The highest BCUT2D eigenvalue weighted by Crippen LogP contribution is 2.39. The summed E-state index contributed by atoms with van der Waals surface area (Å²) >= 11 is 0. The molecule has 8 heteroatoms. The maximum absolute atomic E-state index is 13.1. The average Bonchev–Trinajstić information content (AvgIpc) is 3.35. The Kier molecular flexibility index (Phi) is 4.16. The van der Waals surface area contributed by atoms with Crippen LogP contribution in [0.15, 0.2) is 29.8 Å². The van der Waals surface area contributed by atoms with Crippen LogP contribution < -0.4 is 14.8 Å². The quantitative estimate of drug-likeness (QED) is 0.622. The number of amides is 4. The Morgan fingerprint density at radius 1 is 1.10 bits per heavy atom. The van der Waals surface area contributed by atoms with E-state index in [4.69, 9.17) is 9.47 Å². The Labute approximate surface area is 173 Å². The van der Waals surface area contributed by atoms with E-state index in [0.717, 1.165) is 34.7 Å². The van der Waals surface area contributed by atoms with Gasteiger partial charge in [0.15, 0.2) is 11.5 Å². The molecule has 0 atom stereocenters. The first-order chi connectivity index (χ1) is 14.4. The van der Waals surface area contributed by atoms with E-state index in [0.29, 0.717) is 23.1 Å². The number of urea groups is 1. The standard InChI is InChI=1S/C22H21N3O5/c1-12-7-15(13(2)25(12)16-4-5-16)9-17-20(26)23-22(28)24(21(17)27)10-14-3-6-18-19(8-14)30-11-29-18/h3,6-9,16H,4-5,10-11H2,1-2H3,(H,23,26,28). The fraction of sp³-hybridized carbons (Fsp3) is 0.318. The number of imide groups is 2. The minimum atomic E-state index is -0.733. The molecule has 1 saturated heterocycles. The zero-order valence-electron chi connectivity index (χ0n) is 16.7. The molecule has 1 aromatic heterocycles. The predicted molar refractivity (Wildman–Crippen MR) is 107 cm³/mol. The second-order valence-electron chi connectivity index (χ2n) is 7.82. The Bertz CT molecular complexity index is 1130. The number of aryl methyl sites for hydroxylation is 1.